The standard InChI is InChI=1S/C23H23N5O4S2/c1-2-25-23(30)26-21-20(17-8-4-5-9-18(17)33-21)22(29)27-11-13-28(14-12-27)34(31,32)19-10-6-3-7-16(19)15-24/h3-10H,2,11-14H2,1H3,(H2,25,26,30). The van der Waals surface area contributed by atoms with Crippen LogP contribution in [0, 0.1) is 11.3 Å². The van der Waals surface area contributed by atoms with Crippen LogP contribution in [0.2, 0.25) is 0 Å². The Morgan fingerprint density at radius 2 is 1.74 bits per heavy atom. The minimum atomic E-state index is -3.86. The predicted molar refractivity (Wildman–Crippen MR) is 130 cm³/mol. The number of anilines is 1. The summed E-state index contributed by atoms with van der Waals surface area (Å²) in [5.41, 5.74) is 0.491. The molecule has 0 bridgehead atoms. The molecule has 1 saturated heterocycles. The van der Waals surface area contributed by atoms with Crippen LogP contribution < -0.4 is 10.6 Å². The van der Waals surface area contributed by atoms with Crippen molar-refractivity contribution in [2.45, 2.75) is 11.8 Å². The maximum absolute atomic E-state index is 13.5. The van der Waals surface area contributed by atoms with Crippen LogP contribution in [0.4, 0.5) is 9.80 Å². The van der Waals surface area contributed by atoms with Gasteiger partial charge in [-0.05, 0) is 25.1 Å². The Kier molecular flexibility index (Phi) is 6.83. The molecule has 0 spiro atoms. The van der Waals surface area contributed by atoms with Gasteiger partial charge in [-0.1, -0.05) is 30.3 Å². The number of amides is 3. The van der Waals surface area contributed by atoms with Gasteiger partial charge in [0.2, 0.25) is 10.0 Å². The van der Waals surface area contributed by atoms with E-state index in [4.69, 9.17) is 0 Å². The first-order chi connectivity index (χ1) is 16.4. The van der Waals surface area contributed by atoms with Gasteiger partial charge in [0, 0.05) is 42.8 Å². The third-order valence-corrected chi connectivity index (χ3v) is 8.57. The summed E-state index contributed by atoms with van der Waals surface area (Å²) in [6.07, 6.45) is 0. The number of nitriles is 1. The molecule has 2 aromatic carbocycles. The van der Waals surface area contributed by atoms with E-state index in [2.05, 4.69) is 10.6 Å². The fourth-order valence-electron chi connectivity index (χ4n) is 3.87. The van der Waals surface area contributed by atoms with Crippen molar-refractivity contribution in [3.63, 3.8) is 0 Å². The number of thiophene rings is 1. The number of piperazine rings is 1. The molecule has 34 heavy (non-hydrogen) atoms. The fraction of sp³-hybridized carbons (Fsp3) is 0.261. The molecular weight excluding hydrogens is 474 g/mol. The van der Waals surface area contributed by atoms with Gasteiger partial charge in [0.05, 0.1) is 16.0 Å². The molecule has 176 valence electrons. The van der Waals surface area contributed by atoms with Crippen molar-refractivity contribution in [1.29, 1.82) is 5.26 Å². The number of hydrogen-bond donors (Lipinski definition) is 2. The number of nitrogens with zero attached hydrogens (tertiary/aromatic N) is 3. The maximum Gasteiger partial charge on any atom is 0.319 e. The van der Waals surface area contributed by atoms with Crippen molar-refractivity contribution in [2.24, 2.45) is 0 Å². The summed E-state index contributed by atoms with van der Waals surface area (Å²) in [4.78, 5) is 27.2. The summed E-state index contributed by atoms with van der Waals surface area (Å²) < 4.78 is 28.4. The van der Waals surface area contributed by atoms with E-state index in [1.807, 2.05) is 30.3 Å². The smallest absolute Gasteiger partial charge is 0.319 e. The Bertz CT molecular complexity index is 1390. The first-order valence-corrected chi connectivity index (χ1v) is 13.0. The van der Waals surface area contributed by atoms with Crippen molar-refractivity contribution in [3.8, 4) is 6.07 Å². The number of rotatable bonds is 5. The molecule has 0 saturated carbocycles. The molecule has 1 aromatic heterocycles. The Morgan fingerprint density at radius 3 is 2.44 bits per heavy atom. The number of carbonyl (C=O) groups is 2. The van der Waals surface area contributed by atoms with Crippen LogP contribution >= 0.6 is 11.3 Å². The van der Waals surface area contributed by atoms with E-state index in [0.717, 1.165) is 10.1 Å². The SMILES string of the molecule is CCNC(=O)Nc1sc2ccccc2c1C(=O)N1CCN(S(=O)(=O)c2ccccc2C#N)CC1. The van der Waals surface area contributed by atoms with Crippen molar-refractivity contribution in [1.82, 2.24) is 14.5 Å². The number of carbonyl (C=O) groups excluding carboxylic acids is 2. The molecule has 0 unspecified atom stereocenters. The Morgan fingerprint density at radius 1 is 1.06 bits per heavy atom. The minimum absolute atomic E-state index is 0.0328. The van der Waals surface area contributed by atoms with Gasteiger partial charge in [0.1, 0.15) is 11.1 Å². The van der Waals surface area contributed by atoms with E-state index in [1.165, 1.54) is 27.8 Å². The first-order valence-electron chi connectivity index (χ1n) is 10.7. The van der Waals surface area contributed by atoms with Crippen molar-refractivity contribution in [3.05, 3.63) is 59.7 Å². The van der Waals surface area contributed by atoms with E-state index in [-0.39, 0.29) is 42.5 Å². The van der Waals surface area contributed by atoms with Crippen molar-refractivity contribution < 1.29 is 18.0 Å². The number of benzene rings is 2. The topological polar surface area (TPSA) is 123 Å². The zero-order valence-electron chi connectivity index (χ0n) is 18.4. The van der Waals surface area contributed by atoms with Gasteiger partial charge < -0.3 is 10.2 Å². The summed E-state index contributed by atoms with van der Waals surface area (Å²) in [6, 6.07) is 15.0. The average molecular weight is 498 g/mol. The summed E-state index contributed by atoms with van der Waals surface area (Å²) in [5, 5.41) is 15.9. The lowest BCUT2D eigenvalue weighted by Gasteiger charge is -2.34. The van der Waals surface area contributed by atoms with Crippen LogP contribution in [0.5, 0.6) is 0 Å². The highest BCUT2D eigenvalue weighted by Crippen LogP contribution is 2.36. The molecule has 0 atom stereocenters. The lowest BCUT2D eigenvalue weighted by molar-refractivity contribution is 0.0701. The maximum atomic E-state index is 13.5. The van der Waals surface area contributed by atoms with Crippen LogP contribution in [0.1, 0.15) is 22.8 Å². The lowest BCUT2D eigenvalue weighted by atomic mass is 10.1. The summed E-state index contributed by atoms with van der Waals surface area (Å²) in [5.74, 6) is -0.265. The Balaban J connectivity index is 1.56. The number of fused-ring (bicyclic) bond motifs is 1. The van der Waals surface area contributed by atoms with Crippen LogP contribution in [0.25, 0.3) is 10.1 Å². The Hall–Kier alpha value is -3.46. The van der Waals surface area contributed by atoms with Gasteiger partial charge in [-0.3, -0.25) is 10.1 Å². The van der Waals surface area contributed by atoms with Crippen LogP contribution in [0.3, 0.4) is 0 Å². The molecule has 2 N–H and O–H groups in total. The van der Waals surface area contributed by atoms with Crippen molar-refractivity contribution in [2.75, 3.05) is 38.0 Å². The van der Waals surface area contributed by atoms with E-state index in [0.29, 0.717) is 17.1 Å². The van der Waals surface area contributed by atoms with Gasteiger partial charge in [0.15, 0.2) is 0 Å². The number of hydrogen-bond acceptors (Lipinski definition) is 6. The zero-order valence-corrected chi connectivity index (χ0v) is 20.1. The highest BCUT2D eigenvalue weighted by molar-refractivity contribution is 7.89. The second kappa shape index (κ2) is 9.80. The molecule has 4 rings (SSSR count). The van der Waals surface area contributed by atoms with E-state index >= 15 is 0 Å². The highest BCUT2D eigenvalue weighted by Gasteiger charge is 2.33. The Labute approximate surface area is 201 Å². The van der Waals surface area contributed by atoms with Gasteiger partial charge >= 0.3 is 6.03 Å². The minimum Gasteiger partial charge on any atom is -0.338 e. The predicted octanol–water partition coefficient (Wildman–Crippen LogP) is 3.06. The molecule has 11 heteroatoms. The molecule has 1 aliphatic rings. The molecular formula is C23H23N5O4S2. The monoisotopic (exact) mass is 497 g/mol. The third kappa shape index (κ3) is 4.48. The quantitative estimate of drug-likeness (QED) is 0.561. The second-order valence-electron chi connectivity index (χ2n) is 7.59. The van der Waals surface area contributed by atoms with Crippen LogP contribution in [-0.4, -0.2) is 62.3 Å². The van der Waals surface area contributed by atoms with Gasteiger partial charge in [-0.25, -0.2) is 13.2 Å². The fourth-order valence-corrected chi connectivity index (χ4v) is 6.52. The molecule has 9 nitrogen and oxygen atoms in total. The van der Waals surface area contributed by atoms with E-state index in [9.17, 15) is 23.3 Å². The summed E-state index contributed by atoms with van der Waals surface area (Å²) in [6.45, 7) is 2.85. The molecule has 2 heterocycles. The van der Waals surface area contributed by atoms with Crippen LogP contribution in [-0.2, 0) is 10.0 Å². The lowest BCUT2D eigenvalue weighted by Crippen LogP contribution is -2.50. The first kappa shape index (κ1) is 23.7. The molecule has 3 amide bonds. The summed E-state index contributed by atoms with van der Waals surface area (Å²) in [7, 11) is -3.86. The molecule has 1 fully saturated rings. The van der Waals surface area contributed by atoms with Crippen molar-refractivity contribution >= 4 is 48.4 Å². The summed E-state index contributed by atoms with van der Waals surface area (Å²) >= 11 is 1.32. The van der Waals surface area contributed by atoms with Gasteiger partial charge in [0.25, 0.3) is 5.91 Å². The molecule has 3 aromatic rings. The zero-order chi connectivity index (χ0) is 24.3. The number of sulfonamides is 1. The number of nitrogens with one attached hydrogen (secondary N) is 2. The van der Waals surface area contributed by atoms with Crippen LogP contribution in [0.15, 0.2) is 53.4 Å². The van der Waals surface area contributed by atoms with Gasteiger partial charge in [-0.15, -0.1) is 11.3 Å². The average Bonchev–Trinajstić information content (AvgIpc) is 3.21. The highest BCUT2D eigenvalue weighted by atomic mass is 32.2. The largest absolute Gasteiger partial charge is 0.338 e. The second-order valence-corrected chi connectivity index (χ2v) is 10.5. The normalized spacial score (nSPS) is 14.5. The molecule has 0 radical (unpaired) electrons. The van der Waals surface area contributed by atoms with Gasteiger partial charge in [-0.2, -0.15) is 9.57 Å². The molecule has 1 aliphatic heterocycles. The van der Waals surface area contributed by atoms with E-state index in [1.54, 1.807) is 24.0 Å². The van der Waals surface area contributed by atoms with E-state index < -0.39 is 16.1 Å². The molecule has 0 aliphatic carbocycles. The number of urea groups is 1. The third-order valence-electron chi connectivity index (χ3n) is 5.52.